The molecular weight excluding hydrogens is 160 g/mol. The summed E-state index contributed by atoms with van der Waals surface area (Å²) in [4.78, 5) is 0. The minimum Gasteiger partial charge on any atom is -0.160 e. The molecule has 0 fully saturated rings. The first-order valence-corrected chi connectivity index (χ1v) is 4.43. The van der Waals surface area contributed by atoms with Crippen molar-refractivity contribution in [2.75, 3.05) is 0 Å². The minimum absolute atomic E-state index is 0.892. The van der Waals surface area contributed by atoms with Gasteiger partial charge in [-0.1, -0.05) is 29.8 Å². The number of hydrogen-bond donors (Lipinski definition) is 0. The maximum atomic E-state index is 4.12. The Morgan fingerprint density at radius 1 is 1.00 bits per heavy atom. The summed E-state index contributed by atoms with van der Waals surface area (Å²) in [6.45, 7) is 4.09. The zero-order valence-corrected chi connectivity index (χ0v) is 7.91. The van der Waals surface area contributed by atoms with Crippen LogP contribution in [0.4, 0.5) is 0 Å². The van der Waals surface area contributed by atoms with Crippen LogP contribution >= 0.6 is 0 Å². The molecule has 2 nitrogen and oxygen atoms in total. The lowest BCUT2D eigenvalue weighted by Gasteiger charge is -1.99. The summed E-state index contributed by atoms with van der Waals surface area (Å²) in [7, 11) is 0. The summed E-state index contributed by atoms with van der Waals surface area (Å²) in [6, 6.07) is 8.40. The lowest BCUT2D eigenvalue weighted by atomic mass is 10.0. The fraction of sp³-hybridized carbons (Fsp3) is 0.273. The minimum atomic E-state index is 0.892. The number of aryl methyl sites for hydroxylation is 1. The van der Waals surface area contributed by atoms with Crippen molar-refractivity contribution >= 4 is 11.4 Å². The third kappa shape index (κ3) is 1.66. The second-order valence-electron chi connectivity index (χ2n) is 3.42. The van der Waals surface area contributed by atoms with E-state index < -0.39 is 0 Å². The molecule has 1 aromatic rings. The summed E-state index contributed by atoms with van der Waals surface area (Å²) in [5.41, 5.74) is 4.64. The monoisotopic (exact) mass is 172 g/mol. The molecule has 66 valence electrons. The number of benzene rings is 1. The highest BCUT2D eigenvalue weighted by atomic mass is 15.2. The molecule has 0 aliphatic carbocycles. The van der Waals surface area contributed by atoms with Crippen LogP contribution in [0.15, 0.2) is 34.5 Å². The van der Waals surface area contributed by atoms with Crippen molar-refractivity contribution in [2.45, 2.75) is 20.3 Å². The second kappa shape index (κ2) is 3.13. The van der Waals surface area contributed by atoms with Gasteiger partial charge in [0, 0.05) is 12.1 Å². The van der Waals surface area contributed by atoms with E-state index in [0.717, 1.165) is 17.8 Å². The van der Waals surface area contributed by atoms with Gasteiger partial charge < -0.3 is 0 Å². The number of nitrogens with zero attached hydrogens (tertiary/aromatic N) is 2. The van der Waals surface area contributed by atoms with Gasteiger partial charge in [0.15, 0.2) is 0 Å². The molecule has 13 heavy (non-hydrogen) atoms. The van der Waals surface area contributed by atoms with Gasteiger partial charge in [-0.2, -0.15) is 10.2 Å². The molecule has 0 N–H and O–H groups in total. The molecule has 1 aromatic carbocycles. The molecule has 0 bridgehead atoms. The summed E-state index contributed by atoms with van der Waals surface area (Å²) in [6.07, 6.45) is 0.892. The highest BCUT2D eigenvalue weighted by molar-refractivity contribution is 6.14. The zero-order valence-electron chi connectivity index (χ0n) is 7.91. The molecule has 0 radical (unpaired) electrons. The average molecular weight is 172 g/mol. The van der Waals surface area contributed by atoms with E-state index in [2.05, 4.69) is 41.4 Å². The van der Waals surface area contributed by atoms with Crippen molar-refractivity contribution in [3.8, 4) is 0 Å². The standard InChI is InChI=1S/C11H12N2/c1-8-3-5-10(6-4-8)11-7-9(2)12-13-11/h3-6H,7H2,1-2H3. The second-order valence-corrected chi connectivity index (χ2v) is 3.42. The predicted octanol–water partition coefficient (Wildman–Crippen LogP) is 2.56. The number of hydrogen-bond acceptors (Lipinski definition) is 2. The first kappa shape index (κ1) is 8.17. The van der Waals surface area contributed by atoms with Crippen LogP contribution in [0.25, 0.3) is 0 Å². The van der Waals surface area contributed by atoms with Crippen LogP contribution in [-0.4, -0.2) is 11.4 Å². The molecule has 0 saturated heterocycles. The van der Waals surface area contributed by atoms with Crippen molar-refractivity contribution in [3.63, 3.8) is 0 Å². The van der Waals surface area contributed by atoms with Crippen LogP contribution in [-0.2, 0) is 0 Å². The van der Waals surface area contributed by atoms with Gasteiger partial charge in [-0.25, -0.2) is 0 Å². The van der Waals surface area contributed by atoms with Crippen LogP contribution in [0.5, 0.6) is 0 Å². The predicted molar refractivity (Wildman–Crippen MR) is 55.4 cm³/mol. The van der Waals surface area contributed by atoms with Crippen molar-refractivity contribution in [2.24, 2.45) is 10.2 Å². The molecule has 0 aromatic heterocycles. The fourth-order valence-electron chi connectivity index (χ4n) is 1.36. The summed E-state index contributed by atoms with van der Waals surface area (Å²) < 4.78 is 0. The Bertz CT molecular complexity index is 372. The summed E-state index contributed by atoms with van der Waals surface area (Å²) in [5, 5.41) is 8.14. The molecule has 1 heterocycles. The Labute approximate surface area is 78.0 Å². The molecule has 0 amide bonds. The summed E-state index contributed by atoms with van der Waals surface area (Å²) in [5.74, 6) is 0. The zero-order chi connectivity index (χ0) is 9.26. The quantitative estimate of drug-likeness (QED) is 0.622. The molecule has 0 unspecified atom stereocenters. The molecule has 0 spiro atoms. The normalized spacial score (nSPS) is 15.5. The first-order valence-electron chi connectivity index (χ1n) is 4.43. The molecule has 2 heteroatoms. The Morgan fingerprint density at radius 3 is 2.23 bits per heavy atom. The molecular formula is C11H12N2. The maximum absolute atomic E-state index is 4.12. The van der Waals surface area contributed by atoms with Crippen molar-refractivity contribution < 1.29 is 0 Å². The molecule has 1 aliphatic heterocycles. The van der Waals surface area contributed by atoms with Gasteiger partial charge in [0.1, 0.15) is 0 Å². The fourth-order valence-corrected chi connectivity index (χ4v) is 1.36. The Balaban J connectivity index is 2.24. The van der Waals surface area contributed by atoms with E-state index in [1.165, 1.54) is 11.1 Å². The van der Waals surface area contributed by atoms with Gasteiger partial charge in [-0.05, 0) is 19.4 Å². The smallest absolute Gasteiger partial charge is 0.0759 e. The average Bonchev–Trinajstić information content (AvgIpc) is 2.53. The van der Waals surface area contributed by atoms with Gasteiger partial charge >= 0.3 is 0 Å². The largest absolute Gasteiger partial charge is 0.160 e. The van der Waals surface area contributed by atoms with E-state index in [1.54, 1.807) is 0 Å². The molecule has 0 saturated carbocycles. The van der Waals surface area contributed by atoms with Crippen LogP contribution in [0.1, 0.15) is 24.5 Å². The van der Waals surface area contributed by atoms with Crippen LogP contribution in [0, 0.1) is 6.92 Å². The van der Waals surface area contributed by atoms with Gasteiger partial charge in [0.2, 0.25) is 0 Å². The van der Waals surface area contributed by atoms with E-state index in [4.69, 9.17) is 0 Å². The SMILES string of the molecule is CC1=NN=C(c2ccc(C)cc2)C1. The van der Waals surface area contributed by atoms with Gasteiger partial charge in [-0.15, -0.1) is 0 Å². The van der Waals surface area contributed by atoms with Crippen molar-refractivity contribution in [3.05, 3.63) is 35.4 Å². The van der Waals surface area contributed by atoms with Crippen LogP contribution < -0.4 is 0 Å². The lowest BCUT2D eigenvalue weighted by Crippen LogP contribution is -2.00. The molecule has 1 aliphatic rings. The maximum Gasteiger partial charge on any atom is 0.0759 e. The van der Waals surface area contributed by atoms with E-state index >= 15 is 0 Å². The van der Waals surface area contributed by atoms with E-state index in [9.17, 15) is 0 Å². The van der Waals surface area contributed by atoms with E-state index in [1.807, 2.05) is 6.92 Å². The van der Waals surface area contributed by atoms with Crippen LogP contribution in [0.3, 0.4) is 0 Å². The highest BCUT2D eigenvalue weighted by Crippen LogP contribution is 2.12. The van der Waals surface area contributed by atoms with Gasteiger partial charge in [-0.3, -0.25) is 0 Å². The molecule has 0 atom stereocenters. The van der Waals surface area contributed by atoms with E-state index in [0.29, 0.717) is 0 Å². The number of rotatable bonds is 1. The third-order valence-electron chi connectivity index (χ3n) is 2.15. The van der Waals surface area contributed by atoms with E-state index in [-0.39, 0.29) is 0 Å². The van der Waals surface area contributed by atoms with Crippen molar-refractivity contribution in [1.82, 2.24) is 0 Å². The van der Waals surface area contributed by atoms with Gasteiger partial charge in [0.25, 0.3) is 0 Å². The Hall–Kier alpha value is -1.44. The third-order valence-corrected chi connectivity index (χ3v) is 2.15. The topological polar surface area (TPSA) is 24.7 Å². The van der Waals surface area contributed by atoms with Gasteiger partial charge in [0.05, 0.1) is 5.71 Å². The molecule has 2 rings (SSSR count). The lowest BCUT2D eigenvalue weighted by molar-refractivity contribution is 1.26. The Kier molecular flexibility index (Phi) is 1.97. The van der Waals surface area contributed by atoms with Crippen LogP contribution in [0.2, 0.25) is 0 Å². The highest BCUT2D eigenvalue weighted by Gasteiger charge is 2.09. The van der Waals surface area contributed by atoms with Crippen molar-refractivity contribution in [1.29, 1.82) is 0 Å². The Morgan fingerprint density at radius 2 is 1.69 bits per heavy atom. The summed E-state index contributed by atoms with van der Waals surface area (Å²) >= 11 is 0. The first-order chi connectivity index (χ1) is 6.25.